The highest BCUT2D eigenvalue weighted by Gasteiger charge is 2.19. The van der Waals surface area contributed by atoms with Gasteiger partial charge in [0.25, 0.3) is 0 Å². The van der Waals surface area contributed by atoms with Crippen molar-refractivity contribution in [2.75, 3.05) is 50.8 Å². The van der Waals surface area contributed by atoms with Crippen LogP contribution < -0.4 is 14.4 Å². The Balaban J connectivity index is 0.00000225. The molecule has 0 amide bonds. The van der Waals surface area contributed by atoms with Crippen LogP contribution in [0, 0.1) is 6.92 Å². The second kappa shape index (κ2) is 13.3. The Bertz CT molecular complexity index is 652. The number of halogens is 3. The smallest absolute Gasteiger partial charge is 0.196 e. The molecule has 27 heavy (non-hydrogen) atoms. The molecule has 1 fully saturated rings. The van der Waals surface area contributed by atoms with Crippen molar-refractivity contribution in [1.82, 2.24) is 9.88 Å². The van der Waals surface area contributed by atoms with Gasteiger partial charge < -0.3 is 14.4 Å². The minimum absolute atomic E-state index is 0. The van der Waals surface area contributed by atoms with Gasteiger partial charge in [-0.05, 0) is 26.0 Å². The number of nitrogens with zero attached hydrogens (tertiary/aromatic N) is 3. The summed E-state index contributed by atoms with van der Waals surface area (Å²) in [5.74, 6) is 0.984. The molecule has 0 unspecified atom stereocenters. The van der Waals surface area contributed by atoms with E-state index in [0.717, 1.165) is 55.8 Å². The van der Waals surface area contributed by atoms with Crippen molar-refractivity contribution >= 4 is 54.2 Å². The molecule has 0 radical (unpaired) electrons. The van der Waals surface area contributed by atoms with Crippen molar-refractivity contribution < 1.29 is 9.47 Å². The number of aryl methyl sites for hydroxylation is 1. The van der Waals surface area contributed by atoms with E-state index in [1.165, 1.54) is 5.69 Å². The zero-order valence-electron chi connectivity index (χ0n) is 15.6. The number of benzene rings is 1. The number of para-hydroxylation sites is 2. The van der Waals surface area contributed by atoms with E-state index in [-0.39, 0.29) is 37.2 Å². The van der Waals surface area contributed by atoms with Gasteiger partial charge in [-0.1, -0.05) is 23.5 Å². The quantitative estimate of drug-likeness (QED) is 0.620. The third-order valence-electron chi connectivity index (χ3n) is 4.22. The molecule has 154 valence electrons. The Labute approximate surface area is 184 Å². The van der Waals surface area contributed by atoms with Gasteiger partial charge in [0, 0.05) is 32.7 Å². The van der Waals surface area contributed by atoms with Crippen LogP contribution >= 0.6 is 48.6 Å². The molecule has 9 heteroatoms. The first-order chi connectivity index (χ1) is 11.8. The minimum Gasteiger partial charge on any atom is -0.492 e. The third-order valence-corrected chi connectivity index (χ3v) is 5.06. The second-order valence-corrected chi connectivity index (χ2v) is 6.62. The van der Waals surface area contributed by atoms with Gasteiger partial charge in [-0.25, -0.2) is 4.98 Å². The number of hydrogen-bond donors (Lipinski definition) is 0. The predicted octanol–water partition coefficient (Wildman–Crippen LogP) is 4.32. The van der Waals surface area contributed by atoms with Crippen LogP contribution in [0.2, 0.25) is 0 Å². The predicted molar refractivity (Wildman–Crippen MR) is 120 cm³/mol. The molecule has 1 saturated heterocycles. The Morgan fingerprint density at radius 3 is 2.37 bits per heavy atom. The van der Waals surface area contributed by atoms with Crippen molar-refractivity contribution in [3.05, 3.63) is 35.5 Å². The lowest BCUT2D eigenvalue weighted by Crippen LogP contribution is -2.47. The molecule has 2 aromatic rings. The molecule has 0 spiro atoms. The molecule has 0 aliphatic carbocycles. The minimum atomic E-state index is 0. The van der Waals surface area contributed by atoms with E-state index < -0.39 is 0 Å². The fourth-order valence-corrected chi connectivity index (χ4v) is 3.59. The van der Waals surface area contributed by atoms with Gasteiger partial charge >= 0.3 is 0 Å². The van der Waals surface area contributed by atoms with Gasteiger partial charge in [0.1, 0.15) is 12.4 Å². The van der Waals surface area contributed by atoms with Gasteiger partial charge in [-0.2, -0.15) is 0 Å². The molecule has 1 aromatic carbocycles. The summed E-state index contributed by atoms with van der Waals surface area (Å²) in [6.45, 7) is 10.5. The normalized spacial score (nSPS) is 13.8. The SMILES string of the molecule is CCOc1ccccc1N1CCN(CCOc2scnc2C)CC1.Cl.Cl.Cl. The van der Waals surface area contributed by atoms with Crippen molar-refractivity contribution in [1.29, 1.82) is 0 Å². The van der Waals surface area contributed by atoms with Gasteiger partial charge in [-0.3, -0.25) is 4.90 Å². The summed E-state index contributed by atoms with van der Waals surface area (Å²) in [5.41, 5.74) is 4.02. The van der Waals surface area contributed by atoms with Crippen molar-refractivity contribution in [3.63, 3.8) is 0 Å². The molecule has 1 aromatic heterocycles. The highest BCUT2D eigenvalue weighted by Crippen LogP contribution is 2.28. The lowest BCUT2D eigenvalue weighted by molar-refractivity contribution is 0.202. The van der Waals surface area contributed by atoms with E-state index in [1.54, 1.807) is 11.3 Å². The molecule has 2 heterocycles. The number of ether oxygens (including phenoxy) is 2. The van der Waals surface area contributed by atoms with E-state index in [2.05, 4.69) is 33.0 Å². The molecule has 0 bridgehead atoms. The second-order valence-electron chi connectivity index (χ2n) is 5.80. The van der Waals surface area contributed by atoms with Crippen molar-refractivity contribution in [3.8, 4) is 10.8 Å². The van der Waals surface area contributed by atoms with Crippen LogP contribution in [0.1, 0.15) is 12.6 Å². The Morgan fingerprint density at radius 1 is 1.04 bits per heavy atom. The number of aromatic nitrogens is 1. The Hall–Kier alpha value is -0.920. The summed E-state index contributed by atoms with van der Waals surface area (Å²) < 4.78 is 11.6. The van der Waals surface area contributed by atoms with Crippen LogP contribution in [0.25, 0.3) is 0 Å². The number of rotatable bonds is 7. The zero-order valence-corrected chi connectivity index (χ0v) is 18.9. The highest BCUT2D eigenvalue weighted by molar-refractivity contribution is 7.11. The van der Waals surface area contributed by atoms with Crippen LogP contribution in [0.5, 0.6) is 10.8 Å². The Kier molecular flexibility index (Phi) is 12.8. The number of anilines is 1. The van der Waals surface area contributed by atoms with E-state index in [0.29, 0.717) is 6.61 Å². The molecular formula is C18H28Cl3N3O2S. The van der Waals surface area contributed by atoms with Crippen molar-refractivity contribution in [2.24, 2.45) is 0 Å². The summed E-state index contributed by atoms with van der Waals surface area (Å²) in [7, 11) is 0. The fraction of sp³-hybridized carbons (Fsp3) is 0.500. The highest BCUT2D eigenvalue weighted by atomic mass is 35.5. The molecule has 1 aliphatic rings. The largest absolute Gasteiger partial charge is 0.492 e. The number of thiazole rings is 1. The lowest BCUT2D eigenvalue weighted by atomic mass is 10.2. The summed E-state index contributed by atoms with van der Waals surface area (Å²) >= 11 is 1.57. The summed E-state index contributed by atoms with van der Waals surface area (Å²) in [6.07, 6.45) is 0. The number of hydrogen-bond acceptors (Lipinski definition) is 6. The molecular weight excluding hydrogens is 429 g/mol. The maximum Gasteiger partial charge on any atom is 0.196 e. The molecule has 0 N–H and O–H groups in total. The van der Waals surface area contributed by atoms with Crippen LogP contribution in [-0.4, -0.2) is 55.8 Å². The Morgan fingerprint density at radius 2 is 1.74 bits per heavy atom. The van der Waals surface area contributed by atoms with Crippen molar-refractivity contribution in [2.45, 2.75) is 13.8 Å². The monoisotopic (exact) mass is 455 g/mol. The average molecular weight is 457 g/mol. The summed E-state index contributed by atoms with van der Waals surface area (Å²) in [6, 6.07) is 8.31. The molecule has 0 atom stereocenters. The van der Waals surface area contributed by atoms with E-state index >= 15 is 0 Å². The molecule has 3 rings (SSSR count). The standard InChI is InChI=1S/C18H25N3O2S.3ClH/c1-3-22-17-7-5-4-6-16(17)21-10-8-20(9-11-21)12-13-23-18-15(2)19-14-24-18;;;/h4-7,14H,3,8-13H2,1-2H3;3*1H. The van der Waals surface area contributed by atoms with E-state index in [9.17, 15) is 0 Å². The first kappa shape index (κ1) is 26.1. The maximum atomic E-state index is 5.82. The van der Waals surface area contributed by atoms with Crippen LogP contribution in [0.15, 0.2) is 29.8 Å². The van der Waals surface area contributed by atoms with Crippen LogP contribution in [-0.2, 0) is 0 Å². The molecule has 0 saturated carbocycles. The first-order valence-corrected chi connectivity index (χ1v) is 9.38. The number of piperazine rings is 1. The fourth-order valence-electron chi connectivity index (χ4n) is 2.91. The maximum absolute atomic E-state index is 5.82. The molecule has 5 nitrogen and oxygen atoms in total. The zero-order chi connectivity index (χ0) is 16.8. The summed E-state index contributed by atoms with van der Waals surface area (Å²) in [4.78, 5) is 9.08. The van der Waals surface area contributed by atoms with Gasteiger partial charge in [0.2, 0.25) is 0 Å². The van der Waals surface area contributed by atoms with Gasteiger partial charge in [-0.15, -0.1) is 37.2 Å². The average Bonchev–Trinajstić information content (AvgIpc) is 3.02. The first-order valence-electron chi connectivity index (χ1n) is 8.50. The van der Waals surface area contributed by atoms with Gasteiger partial charge in [0.15, 0.2) is 5.06 Å². The van der Waals surface area contributed by atoms with Crippen LogP contribution in [0.3, 0.4) is 0 Å². The van der Waals surface area contributed by atoms with Gasteiger partial charge in [0.05, 0.1) is 23.5 Å². The van der Waals surface area contributed by atoms with E-state index in [1.807, 2.05) is 25.4 Å². The third kappa shape index (κ3) is 7.20. The topological polar surface area (TPSA) is 37.8 Å². The van der Waals surface area contributed by atoms with Crippen LogP contribution in [0.4, 0.5) is 5.69 Å². The molecule has 1 aliphatic heterocycles. The van der Waals surface area contributed by atoms with E-state index in [4.69, 9.17) is 9.47 Å². The lowest BCUT2D eigenvalue weighted by Gasteiger charge is -2.36. The summed E-state index contributed by atoms with van der Waals surface area (Å²) in [5, 5.41) is 0.944.